The maximum Gasteiger partial charge on any atom is 0.254 e. The molecule has 1 unspecified atom stereocenters. The van der Waals surface area contributed by atoms with E-state index in [1.54, 1.807) is 36.4 Å². The lowest BCUT2D eigenvalue weighted by Gasteiger charge is -2.27. The van der Waals surface area contributed by atoms with Crippen LogP contribution in [0.5, 0.6) is 17.2 Å². The van der Waals surface area contributed by atoms with Crippen molar-refractivity contribution in [3.05, 3.63) is 58.9 Å². The zero-order valence-electron chi connectivity index (χ0n) is 20.8. The van der Waals surface area contributed by atoms with Crippen molar-refractivity contribution in [3.8, 4) is 17.2 Å². The van der Waals surface area contributed by atoms with Crippen molar-refractivity contribution < 1.29 is 23.4 Å². The van der Waals surface area contributed by atoms with Crippen molar-refractivity contribution >= 4 is 12.0 Å². The summed E-state index contributed by atoms with van der Waals surface area (Å²) in [6.45, 7) is 3.98. The first-order chi connectivity index (χ1) is 16.4. The van der Waals surface area contributed by atoms with Crippen molar-refractivity contribution in [2.75, 3.05) is 48.0 Å². The standard InChI is InChI=1S/C27H35FN2O4/c1-19(15-20-9-6-7-11-23(20)28)18-30(14-12-22-10-8-13-29(22)2)27(31)21-16-24(32-3)26(34-5)25(17-21)33-4/h6-7,9,11,15-17,22H,8,10,12-14,18H2,1-5H3/b19-15+. The number of ether oxygens (including phenoxy) is 3. The topological polar surface area (TPSA) is 51.2 Å². The number of amides is 1. The number of nitrogens with zero attached hydrogens (tertiary/aromatic N) is 2. The average molecular weight is 471 g/mol. The third kappa shape index (κ3) is 6.08. The Labute approximate surface area is 201 Å². The minimum absolute atomic E-state index is 0.138. The van der Waals surface area contributed by atoms with E-state index in [-0.39, 0.29) is 11.7 Å². The molecule has 2 aromatic rings. The van der Waals surface area contributed by atoms with Crippen LogP contribution in [-0.2, 0) is 0 Å². The monoisotopic (exact) mass is 470 g/mol. The first-order valence-corrected chi connectivity index (χ1v) is 11.6. The van der Waals surface area contributed by atoms with E-state index >= 15 is 0 Å². The lowest BCUT2D eigenvalue weighted by atomic mass is 10.1. The molecule has 184 valence electrons. The number of rotatable bonds is 10. The molecule has 0 spiro atoms. The first kappa shape index (κ1) is 25.6. The lowest BCUT2D eigenvalue weighted by Crippen LogP contribution is -2.37. The second-order valence-corrected chi connectivity index (χ2v) is 8.72. The summed E-state index contributed by atoms with van der Waals surface area (Å²) in [6.07, 6.45) is 4.98. The fourth-order valence-electron chi connectivity index (χ4n) is 4.49. The molecule has 0 aromatic heterocycles. The largest absolute Gasteiger partial charge is 0.493 e. The highest BCUT2D eigenvalue weighted by Crippen LogP contribution is 2.38. The summed E-state index contributed by atoms with van der Waals surface area (Å²) >= 11 is 0. The van der Waals surface area contributed by atoms with Crippen LogP contribution >= 0.6 is 0 Å². The highest BCUT2D eigenvalue weighted by atomic mass is 19.1. The maximum absolute atomic E-state index is 14.2. The minimum atomic E-state index is -0.281. The van der Waals surface area contributed by atoms with E-state index in [9.17, 15) is 9.18 Å². The zero-order chi connectivity index (χ0) is 24.7. The molecule has 1 amide bonds. The van der Waals surface area contributed by atoms with Gasteiger partial charge in [-0.3, -0.25) is 4.79 Å². The van der Waals surface area contributed by atoms with Crippen molar-refractivity contribution in [2.24, 2.45) is 0 Å². The molecule has 3 rings (SSSR count). The van der Waals surface area contributed by atoms with E-state index in [1.807, 2.05) is 11.8 Å². The smallest absolute Gasteiger partial charge is 0.254 e. The van der Waals surface area contributed by atoms with Gasteiger partial charge in [0.1, 0.15) is 5.82 Å². The molecule has 0 saturated carbocycles. The van der Waals surface area contributed by atoms with E-state index in [2.05, 4.69) is 11.9 Å². The molecule has 1 aliphatic rings. The SMILES string of the molecule is COc1cc(C(=O)N(CCC2CCCN2C)C/C(C)=C/c2ccccc2F)cc(OC)c1OC. The van der Waals surface area contributed by atoms with Gasteiger partial charge in [-0.25, -0.2) is 4.39 Å². The average Bonchev–Trinajstić information content (AvgIpc) is 3.26. The summed E-state index contributed by atoms with van der Waals surface area (Å²) in [6, 6.07) is 10.4. The van der Waals surface area contributed by atoms with E-state index in [0.29, 0.717) is 47.5 Å². The Morgan fingerprint density at radius 2 is 1.82 bits per heavy atom. The molecule has 2 aromatic carbocycles. The molecule has 1 atom stereocenters. The fourth-order valence-corrected chi connectivity index (χ4v) is 4.49. The molecule has 1 heterocycles. The van der Waals surface area contributed by atoms with Gasteiger partial charge in [-0.2, -0.15) is 0 Å². The van der Waals surface area contributed by atoms with Gasteiger partial charge in [-0.1, -0.05) is 29.8 Å². The molecule has 1 aliphatic heterocycles. The Balaban J connectivity index is 1.89. The fraction of sp³-hybridized carbons (Fsp3) is 0.444. The van der Waals surface area contributed by atoms with Crippen molar-refractivity contribution in [1.82, 2.24) is 9.80 Å². The Bertz CT molecular complexity index is 998. The molecule has 0 aliphatic carbocycles. The third-order valence-electron chi connectivity index (χ3n) is 6.35. The second kappa shape index (κ2) is 11.9. The number of hydrogen-bond donors (Lipinski definition) is 0. The number of carbonyl (C=O) groups excluding carboxylic acids is 1. The highest BCUT2D eigenvalue weighted by molar-refractivity contribution is 5.96. The minimum Gasteiger partial charge on any atom is -0.493 e. The van der Waals surface area contributed by atoms with Crippen molar-refractivity contribution in [2.45, 2.75) is 32.2 Å². The summed E-state index contributed by atoms with van der Waals surface area (Å²) in [5.41, 5.74) is 1.86. The van der Waals surface area contributed by atoms with Gasteiger partial charge >= 0.3 is 0 Å². The molecule has 34 heavy (non-hydrogen) atoms. The van der Waals surface area contributed by atoms with Crippen LogP contribution in [-0.4, -0.2) is 69.8 Å². The van der Waals surface area contributed by atoms with Gasteiger partial charge in [0.05, 0.1) is 21.3 Å². The Morgan fingerprint density at radius 3 is 2.38 bits per heavy atom. The number of benzene rings is 2. The molecule has 0 radical (unpaired) electrons. The Hall–Kier alpha value is -3.06. The zero-order valence-corrected chi connectivity index (χ0v) is 20.8. The van der Waals surface area contributed by atoms with Gasteiger partial charge in [0, 0.05) is 30.3 Å². The molecule has 0 N–H and O–H groups in total. The molecule has 6 nitrogen and oxygen atoms in total. The van der Waals surface area contributed by atoms with E-state index in [4.69, 9.17) is 14.2 Å². The van der Waals surface area contributed by atoms with Gasteiger partial charge in [-0.05, 0) is 58.0 Å². The van der Waals surface area contributed by atoms with Crippen LogP contribution < -0.4 is 14.2 Å². The molecule has 1 fully saturated rings. The highest BCUT2D eigenvalue weighted by Gasteiger charge is 2.25. The first-order valence-electron chi connectivity index (χ1n) is 11.6. The van der Waals surface area contributed by atoms with E-state index < -0.39 is 0 Å². The quantitative estimate of drug-likeness (QED) is 0.495. The predicted octanol–water partition coefficient (Wildman–Crippen LogP) is 4.88. The summed E-state index contributed by atoms with van der Waals surface area (Å²) in [5, 5.41) is 0. The number of methoxy groups -OCH3 is 3. The molecule has 0 bridgehead atoms. The van der Waals surface area contributed by atoms with Crippen LogP contribution in [0.3, 0.4) is 0 Å². The van der Waals surface area contributed by atoms with Crippen LogP contribution in [0, 0.1) is 5.82 Å². The summed E-state index contributed by atoms with van der Waals surface area (Å²) < 4.78 is 30.5. The third-order valence-corrected chi connectivity index (χ3v) is 6.35. The van der Waals surface area contributed by atoms with Crippen molar-refractivity contribution in [1.29, 1.82) is 0 Å². The van der Waals surface area contributed by atoms with Crippen LogP contribution in [0.25, 0.3) is 6.08 Å². The molecule has 1 saturated heterocycles. The number of likely N-dealkylation sites (tertiary alicyclic amines) is 1. The Morgan fingerprint density at radius 1 is 1.15 bits per heavy atom. The van der Waals surface area contributed by atoms with E-state index in [0.717, 1.165) is 25.0 Å². The number of hydrogen-bond acceptors (Lipinski definition) is 5. The van der Waals surface area contributed by atoms with Gasteiger partial charge in [0.25, 0.3) is 5.91 Å². The van der Waals surface area contributed by atoms with Crippen LogP contribution in [0.1, 0.15) is 42.1 Å². The van der Waals surface area contributed by atoms with Gasteiger partial charge in [0.2, 0.25) is 5.75 Å². The maximum atomic E-state index is 14.2. The van der Waals surface area contributed by atoms with Gasteiger partial charge < -0.3 is 24.0 Å². The number of carbonyl (C=O) groups is 1. The van der Waals surface area contributed by atoms with Gasteiger partial charge in [-0.15, -0.1) is 0 Å². The van der Waals surface area contributed by atoms with Crippen LogP contribution in [0.2, 0.25) is 0 Å². The van der Waals surface area contributed by atoms with Crippen molar-refractivity contribution in [3.63, 3.8) is 0 Å². The molecular weight excluding hydrogens is 435 g/mol. The lowest BCUT2D eigenvalue weighted by molar-refractivity contribution is 0.0757. The second-order valence-electron chi connectivity index (χ2n) is 8.72. The Kier molecular flexibility index (Phi) is 8.93. The normalized spacial score (nSPS) is 16.4. The molecular formula is C27H35FN2O4. The van der Waals surface area contributed by atoms with E-state index in [1.165, 1.54) is 33.8 Å². The predicted molar refractivity (Wildman–Crippen MR) is 132 cm³/mol. The summed E-state index contributed by atoms with van der Waals surface area (Å²) in [7, 11) is 6.72. The molecule has 7 heteroatoms. The van der Waals surface area contributed by atoms with Gasteiger partial charge in [0.15, 0.2) is 11.5 Å². The summed E-state index contributed by atoms with van der Waals surface area (Å²) in [5.74, 6) is 0.882. The number of halogens is 1. The summed E-state index contributed by atoms with van der Waals surface area (Å²) in [4.78, 5) is 17.9. The van der Waals surface area contributed by atoms with Crippen LogP contribution in [0.15, 0.2) is 42.0 Å². The van der Waals surface area contributed by atoms with Crippen LogP contribution in [0.4, 0.5) is 4.39 Å².